The zero-order chi connectivity index (χ0) is 16.6. The number of anilines is 1. The fraction of sp³-hybridized carbons (Fsp3) is 0.471. The Morgan fingerprint density at radius 2 is 2.09 bits per heavy atom. The molecular weight excluding hydrogens is 290 g/mol. The van der Waals surface area contributed by atoms with Gasteiger partial charge in [0.2, 0.25) is 5.95 Å². The van der Waals surface area contributed by atoms with Crippen molar-refractivity contribution in [2.75, 3.05) is 11.9 Å². The molecule has 0 radical (unpaired) electrons. The Labute approximate surface area is 136 Å². The average molecular weight is 313 g/mol. The molecule has 0 saturated carbocycles. The first-order chi connectivity index (χ1) is 11.0. The molecule has 3 rings (SSSR count). The summed E-state index contributed by atoms with van der Waals surface area (Å²) in [4.78, 5) is 18.8. The number of rotatable bonds is 2. The summed E-state index contributed by atoms with van der Waals surface area (Å²) in [5.74, 6) is 1.13. The third-order valence-electron chi connectivity index (χ3n) is 4.72. The largest absolute Gasteiger partial charge is 0.324 e. The molecule has 1 aliphatic heterocycles. The number of nitrogens with one attached hydrogen (secondary N) is 1. The molecule has 0 bridgehead atoms. The normalized spacial score (nSPS) is 17.6. The maximum absolute atomic E-state index is 12.6. The van der Waals surface area contributed by atoms with E-state index in [1.54, 1.807) is 4.68 Å². The minimum atomic E-state index is -0.126. The minimum Gasteiger partial charge on any atom is -0.317 e. The summed E-state index contributed by atoms with van der Waals surface area (Å²) in [5.41, 5.74) is 3.77. The van der Waals surface area contributed by atoms with Crippen molar-refractivity contribution < 1.29 is 4.79 Å². The number of carbonyl (C=O) groups is 1. The number of aromatic nitrogens is 3. The number of urea groups is 1. The Morgan fingerprint density at radius 1 is 1.30 bits per heavy atom. The van der Waals surface area contributed by atoms with Crippen LogP contribution in [0.15, 0.2) is 18.2 Å². The summed E-state index contributed by atoms with van der Waals surface area (Å²) in [7, 11) is 1.81. The molecule has 2 aromatic rings. The predicted octanol–water partition coefficient (Wildman–Crippen LogP) is 3.11. The van der Waals surface area contributed by atoms with Crippen molar-refractivity contribution in [3.8, 4) is 0 Å². The third kappa shape index (κ3) is 2.93. The van der Waals surface area contributed by atoms with Gasteiger partial charge in [-0.3, -0.25) is 10.00 Å². The van der Waals surface area contributed by atoms with E-state index in [4.69, 9.17) is 0 Å². The van der Waals surface area contributed by atoms with E-state index >= 15 is 0 Å². The lowest BCUT2D eigenvalue weighted by atomic mass is 9.96. The van der Waals surface area contributed by atoms with Crippen LogP contribution in [0.25, 0.3) is 0 Å². The van der Waals surface area contributed by atoms with Gasteiger partial charge in [0.1, 0.15) is 5.82 Å². The highest BCUT2D eigenvalue weighted by atomic mass is 16.2. The standard InChI is InChI=1S/C17H23N5O/c1-11-7-5-8-14(12(11)2)15-9-6-10-22(15)17(23)19-16-18-13(3)21(4)20-16/h5,7-8,15H,6,9-10H2,1-4H3,(H,19,20,23). The topological polar surface area (TPSA) is 63.1 Å². The molecule has 1 fully saturated rings. The van der Waals surface area contributed by atoms with E-state index in [1.165, 1.54) is 16.7 Å². The molecule has 2 amide bonds. The van der Waals surface area contributed by atoms with Crippen LogP contribution >= 0.6 is 0 Å². The second-order valence-electron chi connectivity index (χ2n) is 6.18. The molecule has 0 aliphatic carbocycles. The maximum Gasteiger partial charge on any atom is 0.324 e. The summed E-state index contributed by atoms with van der Waals surface area (Å²) in [6.07, 6.45) is 2.01. The minimum absolute atomic E-state index is 0.125. The van der Waals surface area contributed by atoms with Crippen LogP contribution in [0.2, 0.25) is 0 Å². The summed E-state index contributed by atoms with van der Waals surface area (Å²) in [5, 5.41) is 7.02. The van der Waals surface area contributed by atoms with Crippen LogP contribution in [-0.4, -0.2) is 32.2 Å². The van der Waals surface area contributed by atoms with E-state index in [9.17, 15) is 4.79 Å². The van der Waals surface area contributed by atoms with Crippen molar-refractivity contribution in [1.82, 2.24) is 19.7 Å². The van der Waals surface area contributed by atoms with Gasteiger partial charge in [-0.2, -0.15) is 4.98 Å². The average Bonchev–Trinajstić information content (AvgIpc) is 3.09. The molecule has 6 nitrogen and oxygen atoms in total. The maximum atomic E-state index is 12.6. The van der Waals surface area contributed by atoms with Crippen molar-refractivity contribution in [3.05, 3.63) is 40.7 Å². The molecular formula is C17H23N5O. The Hall–Kier alpha value is -2.37. The lowest BCUT2D eigenvalue weighted by Crippen LogP contribution is -2.35. The smallest absolute Gasteiger partial charge is 0.317 e. The lowest BCUT2D eigenvalue weighted by Gasteiger charge is -2.26. The number of hydrogen-bond acceptors (Lipinski definition) is 3. The predicted molar refractivity (Wildman–Crippen MR) is 89.4 cm³/mol. The Balaban J connectivity index is 1.81. The van der Waals surface area contributed by atoms with Gasteiger partial charge >= 0.3 is 6.03 Å². The van der Waals surface area contributed by atoms with Crippen LogP contribution in [0, 0.1) is 20.8 Å². The second kappa shape index (κ2) is 6.02. The number of aryl methyl sites for hydroxylation is 3. The van der Waals surface area contributed by atoms with Gasteiger partial charge in [-0.15, -0.1) is 5.10 Å². The summed E-state index contributed by atoms with van der Waals surface area (Å²) in [6, 6.07) is 6.30. The van der Waals surface area contributed by atoms with Crippen molar-refractivity contribution in [1.29, 1.82) is 0 Å². The van der Waals surface area contributed by atoms with Crippen molar-refractivity contribution in [2.45, 2.75) is 39.7 Å². The van der Waals surface area contributed by atoms with Gasteiger partial charge in [0.15, 0.2) is 0 Å². The van der Waals surface area contributed by atoms with Crippen LogP contribution < -0.4 is 5.32 Å². The quantitative estimate of drug-likeness (QED) is 0.926. The van der Waals surface area contributed by atoms with E-state index in [2.05, 4.69) is 47.4 Å². The van der Waals surface area contributed by atoms with Gasteiger partial charge in [-0.25, -0.2) is 4.79 Å². The zero-order valence-electron chi connectivity index (χ0n) is 14.1. The molecule has 1 unspecified atom stereocenters. The molecule has 1 atom stereocenters. The fourth-order valence-corrected chi connectivity index (χ4v) is 3.15. The summed E-state index contributed by atoms with van der Waals surface area (Å²) in [6.45, 7) is 6.86. The van der Waals surface area contributed by atoms with Crippen LogP contribution in [0.1, 0.15) is 41.4 Å². The van der Waals surface area contributed by atoms with E-state index < -0.39 is 0 Å². The van der Waals surface area contributed by atoms with Gasteiger partial charge in [0.05, 0.1) is 6.04 Å². The molecule has 23 heavy (non-hydrogen) atoms. The fourth-order valence-electron chi connectivity index (χ4n) is 3.15. The van der Waals surface area contributed by atoms with Gasteiger partial charge in [0.25, 0.3) is 0 Å². The number of carbonyl (C=O) groups excluding carboxylic acids is 1. The Kier molecular flexibility index (Phi) is 4.07. The van der Waals surface area contributed by atoms with E-state index in [1.807, 2.05) is 18.9 Å². The van der Waals surface area contributed by atoms with Gasteiger partial charge in [-0.05, 0) is 50.3 Å². The number of likely N-dealkylation sites (tertiary alicyclic amines) is 1. The first-order valence-electron chi connectivity index (χ1n) is 7.98. The van der Waals surface area contributed by atoms with Gasteiger partial charge < -0.3 is 4.90 Å². The van der Waals surface area contributed by atoms with Crippen molar-refractivity contribution in [2.24, 2.45) is 7.05 Å². The highest BCUT2D eigenvalue weighted by molar-refractivity contribution is 5.88. The van der Waals surface area contributed by atoms with Crippen LogP contribution in [-0.2, 0) is 7.05 Å². The molecule has 1 aliphatic rings. The molecule has 0 spiro atoms. The van der Waals surface area contributed by atoms with Crippen LogP contribution in [0.5, 0.6) is 0 Å². The molecule has 122 valence electrons. The number of amides is 2. The lowest BCUT2D eigenvalue weighted by molar-refractivity contribution is 0.206. The van der Waals surface area contributed by atoms with E-state index in [-0.39, 0.29) is 12.1 Å². The highest BCUT2D eigenvalue weighted by Crippen LogP contribution is 2.34. The molecule has 1 N–H and O–H groups in total. The van der Waals surface area contributed by atoms with Crippen molar-refractivity contribution >= 4 is 12.0 Å². The SMILES string of the molecule is Cc1cccc(C2CCCN2C(=O)Nc2nc(C)n(C)n2)c1C. The number of nitrogens with zero attached hydrogens (tertiary/aromatic N) is 4. The van der Waals surface area contributed by atoms with Crippen LogP contribution in [0.4, 0.5) is 10.7 Å². The molecule has 1 aromatic heterocycles. The van der Waals surface area contributed by atoms with E-state index in [0.717, 1.165) is 25.2 Å². The molecule has 1 saturated heterocycles. The number of hydrogen-bond donors (Lipinski definition) is 1. The Morgan fingerprint density at radius 3 is 2.78 bits per heavy atom. The van der Waals surface area contributed by atoms with E-state index in [0.29, 0.717) is 5.95 Å². The molecule has 2 heterocycles. The highest BCUT2D eigenvalue weighted by Gasteiger charge is 2.31. The third-order valence-corrected chi connectivity index (χ3v) is 4.72. The first kappa shape index (κ1) is 15.5. The monoisotopic (exact) mass is 313 g/mol. The molecule has 1 aromatic carbocycles. The zero-order valence-corrected chi connectivity index (χ0v) is 14.1. The summed E-state index contributed by atoms with van der Waals surface area (Å²) < 4.78 is 1.65. The summed E-state index contributed by atoms with van der Waals surface area (Å²) >= 11 is 0. The Bertz CT molecular complexity index is 717. The van der Waals surface area contributed by atoms with Crippen LogP contribution in [0.3, 0.4) is 0 Å². The number of benzene rings is 1. The molecule has 6 heteroatoms. The first-order valence-corrected chi connectivity index (χ1v) is 7.98. The van der Waals surface area contributed by atoms with Gasteiger partial charge in [-0.1, -0.05) is 18.2 Å². The second-order valence-corrected chi connectivity index (χ2v) is 6.18. The van der Waals surface area contributed by atoms with Crippen molar-refractivity contribution in [3.63, 3.8) is 0 Å². The van der Waals surface area contributed by atoms with Gasteiger partial charge in [0, 0.05) is 13.6 Å².